The highest BCUT2D eigenvalue weighted by Gasteiger charge is 2.35. The minimum atomic E-state index is -4.49. The van der Waals surface area contributed by atoms with Crippen molar-refractivity contribution in [2.45, 2.75) is 32.0 Å². The third-order valence-electron chi connectivity index (χ3n) is 5.71. The van der Waals surface area contributed by atoms with E-state index in [1.807, 2.05) is 25.1 Å². The van der Waals surface area contributed by atoms with Crippen molar-refractivity contribution in [3.8, 4) is 11.4 Å². The molecule has 2 heterocycles. The third-order valence-corrected chi connectivity index (χ3v) is 5.71. The topological polar surface area (TPSA) is 49.2 Å². The molecule has 152 valence electrons. The number of aliphatic hydroxyl groups excluding tert-OH is 1. The largest absolute Gasteiger partial charge is 0.417 e. The molecule has 2 atom stereocenters. The van der Waals surface area contributed by atoms with Crippen LogP contribution in [0.3, 0.4) is 0 Å². The monoisotopic (exact) mass is 401 g/mol. The molecule has 3 aromatic rings. The fraction of sp³-hybridized carbons (Fsp3) is 0.364. The molecule has 2 unspecified atom stereocenters. The van der Waals surface area contributed by atoms with Gasteiger partial charge in [-0.15, -0.1) is 0 Å². The Bertz CT molecular complexity index is 1020. The quantitative estimate of drug-likeness (QED) is 0.677. The molecule has 4 nitrogen and oxygen atoms in total. The van der Waals surface area contributed by atoms with Crippen LogP contribution in [0.1, 0.15) is 25.3 Å². The van der Waals surface area contributed by atoms with Gasteiger partial charge in [0, 0.05) is 36.1 Å². The molecule has 1 aliphatic heterocycles. The Labute approximate surface area is 167 Å². The maximum atomic E-state index is 13.6. The second-order valence-corrected chi connectivity index (χ2v) is 7.45. The molecule has 4 rings (SSSR count). The summed E-state index contributed by atoms with van der Waals surface area (Å²) in [5.41, 5.74) is -0.181. The van der Waals surface area contributed by atoms with Crippen LogP contribution in [0.25, 0.3) is 22.3 Å². The molecular weight excluding hydrogens is 379 g/mol. The number of anilines is 1. The van der Waals surface area contributed by atoms with Crippen LogP contribution >= 0.6 is 0 Å². The van der Waals surface area contributed by atoms with E-state index < -0.39 is 11.7 Å². The Kier molecular flexibility index (Phi) is 5.17. The van der Waals surface area contributed by atoms with Gasteiger partial charge in [0.2, 0.25) is 0 Å². The molecule has 7 heteroatoms. The summed E-state index contributed by atoms with van der Waals surface area (Å²) in [7, 11) is 0. The van der Waals surface area contributed by atoms with Crippen LogP contribution in [0.2, 0.25) is 0 Å². The second-order valence-electron chi connectivity index (χ2n) is 7.45. The van der Waals surface area contributed by atoms with Gasteiger partial charge >= 0.3 is 6.18 Å². The van der Waals surface area contributed by atoms with Gasteiger partial charge in [0.1, 0.15) is 5.82 Å². The van der Waals surface area contributed by atoms with Gasteiger partial charge < -0.3 is 10.0 Å². The fourth-order valence-electron chi connectivity index (χ4n) is 4.09. The summed E-state index contributed by atoms with van der Waals surface area (Å²) in [6.45, 7) is 2.84. The van der Waals surface area contributed by atoms with Gasteiger partial charge in [-0.1, -0.05) is 30.3 Å². The number of hydrogen-bond acceptors (Lipinski definition) is 4. The Morgan fingerprint density at radius 1 is 1.07 bits per heavy atom. The molecule has 29 heavy (non-hydrogen) atoms. The first-order chi connectivity index (χ1) is 13.9. The van der Waals surface area contributed by atoms with Gasteiger partial charge in [-0.3, -0.25) is 0 Å². The SMILES string of the molecule is CC1C(CO)CCCN1c1nc(-c2ccccc2C(F)(F)F)nc2ccccc12. The van der Waals surface area contributed by atoms with Gasteiger partial charge in [-0.2, -0.15) is 13.2 Å². The van der Waals surface area contributed by atoms with E-state index in [1.54, 1.807) is 12.1 Å². The molecule has 0 spiro atoms. The number of rotatable bonds is 3. The first-order valence-corrected chi connectivity index (χ1v) is 9.71. The highest BCUT2D eigenvalue weighted by molar-refractivity contribution is 5.91. The number of aromatic nitrogens is 2. The Morgan fingerprint density at radius 2 is 1.79 bits per heavy atom. The minimum absolute atomic E-state index is 0.0257. The molecule has 1 aromatic heterocycles. The summed E-state index contributed by atoms with van der Waals surface area (Å²) in [6, 6.07) is 12.8. The van der Waals surface area contributed by atoms with Crippen LogP contribution in [0.4, 0.5) is 19.0 Å². The summed E-state index contributed by atoms with van der Waals surface area (Å²) in [5.74, 6) is 0.779. The predicted molar refractivity (Wildman–Crippen MR) is 107 cm³/mol. The zero-order chi connectivity index (χ0) is 20.6. The number of nitrogens with zero attached hydrogens (tertiary/aromatic N) is 3. The summed E-state index contributed by atoms with van der Waals surface area (Å²) < 4.78 is 40.7. The van der Waals surface area contributed by atoms with E-state index in [2.05, 4.69) is 14.9 Å². The Morgan fingerprint density at radius 3 is 2.55 bits per heavy atom. The van der Waals surface area contributed by atoms with Crippen LogP contribution in [0, 0.1) is 5.92 Å². The highest BCUT2D eigenvalue weighted by Crippen LogP contribution is 2.38. The van der Waals surface area contributed by atoms with Crippen molar-refractivity contribution in [3.05, 3.63) is 54.1 Å². The first-order valence-electron chi connectivity index (χ1n) is 9.71. The number of piperidine rings is 1. The molecule has 1 aliphatic rings. The van der Waals surface area contributed by atoms with E-state index in [1.165, 1.54) is 12.1 Å². The molecule has 0 amide bonds. The summed E-state index contributed by atoms with van der Waals surface area (Å²) in [6.07, 6.45) is -2.69. The van der Waals surface area contributed by atoms with Crippen molar-refractivity contribution in [2.24, 2.45) is 5.92 Å². The van der Waals surface area contributed by atoms with Crippen molar-refractivity contribution in [2.75, 3.05) is 18.1 Å². The molecule has 1 N–H and O–H groups in total. The summed E-state index contributed by atoms with van der Waals surface area (Å²) in [4.78, 5) is 11.2. The first kappa shape index (κ1) is 19.6. The minimum Gasteiger partial charge on any atom is -0.396 e. The molecule has 0 aliphatic carbocycles. The number of aliphatic hydroxyl groups is 1. The highest BCUT2D eigenvalue weighted by atomic mass is 19.4. The summed E-state index contributed by atoms with van der Waals surface area (Å²) in [5, 5.41) is 10.5. The van der Waals surface area contributed by atoms with E-state index in [9.17, 15) is 18.3 Å². The Hall–Kier alpha value is -2.67. The molecular formula is C22H22F3N3O. The van der Waals surface area contributed by atoms with Crippen molar-refractivity contribution >= 4 is 16.7 Å². The van der Waals surface area contributed by atoms with E-state index in [0.29, 0.717) is 11.3 Å². The lowest BCUT2D eigenvalue weighted by Crippen LogP contribution is -2.45. The van der Waals surface area contributed by atoms with Crippen molar-refractivity contribution in [3.63, 3.8) is 0 Å². The van der Waals surface area contributed by atoms with Crippen molar-refractivity contribution in [1.29, 1.82) is 0 Å². The van der Waals surface area contributed by atoms with Gasteiger partial charge in [0.05, 0.1) is 11.1 Å². The van der Waals surface area contributed by atoms with Crippen LogP contribution in [-0.2, 0) is 6.18 Å². The van der Waals surface area contributed by atoms with Crippen LogP contribution in [0.5, 0.6) is 0 Å². The molecule has 0 bridgehead atoms. The second kappa shape index (κ2) is 7.63. The average molecular weight is 401 g/mol. The number of alkyl halides is 3. The summed E-state index contributed by atoms with van der Waals surface area (Å²) >= 11 is 0. The standard InChI is InChI=1S/C22H22F3N3O/c1-14-15(13-29)7-6-12-28(14)21-17-9-3-5-11-19(17)26-20(27-21)16-8-2-4-10-18(16)22(23,24)25/h2-5,8-11,14-15,29H,6-7,12-13H2,1H3. The molecule has 1 saturated heterocycles. The number of hydrogen-bond donors (Lipinski definition) is 1. The van der Waals surface area contributed by atoms with Crippen LogP contribution in [-0.4, -0.2) is 34.3 Å². The fourth-order valence-corrected chi connectivity index (χ4v) is 4.09. The van der Waals surface area contributed by atoms with Crippen LogP contribution < -0.4 is 4.90 Å². The molecule has 1 fully saturated rings. The van der Waals surface area contributed by atoms with Gasteiger partial charge in [-0.25, -0.2) is 9.97 Å². The van der Waals surface area contributed by atoms with Gasteiger partial charge in [-0.05, 0) is 38.0 Å². The van der Waals surface area contributed by atoms with Crippen LogP contribution in [0.15, 0.2) is 48.5 Å². The lowest BCUT2D eigenvalue weighted by atomic mass is 9.90. The zero-order valence-electron chi connectivity index (χ0n) is 16.0. The van der Waals surface area contributed by atoms with Crippen molar-refractivity contribution in [1.82, 2.24) is 9.97 Å². The predicted octanol–water partition coefficient (Wildman–Crippen LogP) is 4.91. The van der Waals surface area contributed by atoms with Crippen molar-refractivity contribution < 1.29 is 18.3 Å². The molecule has 2 aromatic carbocycles. The van der Waals surface area contributed by atoms with E-state index in [4.69, 9.17) is 0 Å². The lowest BCUT2D eigenvalue weighted by Gasteiger charge is -2.40. The number of fused-ring (bicyclic) bond motifs is 1. The average Bonchev–Trinajstić information content (AvgIpc) is 2.72. The lowest BCUT2D eigenvalue weighted by molar-refractivity contribution is -0.137. The number of halogens is 3. The smallest absolute Gasteiger partial charge is 0.396 e. The maximum Gasteiger partial charge on any atom is 0.417 e. The Balaban J connectivity index is 1.91. The van der Waals surface area contributed by atoms with E-state index in [-0.39, 0.29) is 30.0 Å². The zero-order valence-corrected chi connectivity index (χ0v) is 16.0. The third kappa shape index (κ3) is 3.67. The number of para-hydroxylation sites is 1. The molecule has 0 saturated carbocycles. The molecule has 0 radical (unpaired) electrons. The van der Waals surface area contributed by atoms with Gasteiger partial charge in [0.15, 0.2) is 5.82 Å². The maximum absolute atomic E-state index is 13.6. The normalized spacial score (nSPS) is 20.2. The number of benzene rings is 2. The van der Waals surface area contributed by atoms with Gasteiger partial charge in [0.25, 0.3) is 0 Å². The van der Waals surface area contributed by atoms with E-state index in [0.717, 1.165) is 30.8 Å². The van der Waals surface area contributed by atoms with E-state index >= 15 is 0 Å².